The molecule has 22 heavy (non-hydrogen) atoms. The Morgan fingerprint density at radius 3 is 2.36 bits per heavy atom. The number of primary amides is 1. The lowest BCUT2D eigenvalue weighted by Crippen LogP contribution is -2.15. The summed E-state index contributed by atoms with van der Waals surface area (Å²) in [6.07, 6.45) is 0. The van der Waals surface area contributed by atoms with Crippen molar-refractivity contribution in [3.8, 4) is 0 Å². The summed E-state index contributed by atoms with van der Waals surface area (Å²) in [5.41, 5.74) is 7.12. The van der Waals surface area contributed by atoms with Crippen LogP contribution in [0.5, 0.6) is 0 Å². The van der Waals surface area contributed by atoms with E-state index in [0.717, 1.165) is 10.4 Å². The molecule has 0 aliphatic rings. The molecule has 0 aliphatic heterocycles. The number of hydrogen-bond donors (Lipinski definition) is 2. The van der Waals surface area contributed by atoms with Crippen LogP contribution in [0.3, 0.4) is 0 Å². The second-order valence-electron chi connectivity index (χ2n) is 6.26. The van der Waals surface area contributed by atoms with Crippen LogP contribution in [0.2, 0.25) is 0 Å². The van der Waals surface area contributed by atoms with Crippen molar-refractivity contribution in [1.29, 1.82) is 0 Å². The molecule has 2 amide bonds. The SMILES string of the molecule is Cc1ccc(NC(=O)c2ccc(C(C)(C)C)s2)cc1C(N)=O. The highest BCUT2D eigenvalue weighted by atomic mass is 32.1. The van der Waals surface area contributed by atoms with Crippen molar-refractivity contribution in [3.63, 3.8) is 0 Å². The molecule has 5 heteroatoms. The molecule has 0 bridgehead atoms. The van der Waals surface area contributed by atoms with Gasteiger partial charge in [-0.1, -0.05) is 26.8 Å². The second-order valence-corrected chi connectivity index (χ2v) is 7.35. The van der Waals surface area contributed by atoms with Crippen molar-refractivity contribution in [3.05, 3.63) is 51.2 Å². The minimum atomic E-state index is -0.500. The van der Waals surface area contributed by atoms with Gasteiger partial charge in [-0.15, -0.1) is 11.3 Å². The van der Waals surface area contributed by atoms with Crippen molar-refractivity contribution in [2.75, 3.05) is 5.32 Å². The Bertz CT molecular complexity index is 727. The number of nitrogens with one attached hydrogen (secondary N) is 1. The summed E-state index contributed by atoms with van der Waals surface area (Å²) in [5, 5.41) is 2.81. The van der Waals surface area contributed by atoms with Gasteiger partial charge in [-0.2, -0.15) is 0 Å². The van der Waals surface area contributed by atoms with Gasteiger partial charge in [0.1, 0.15) is 0 Å². The molecule has 1 heterocycles. The van der Waals surface area contributed by atoms with Crippen LogP contribution in [0.15, 0.2) is 30.3 Å². The van der Waals surface area contributed by atoms with Gasteiger partial charge in [0.2, 0.25) is 5.91 Å². The van der Waals surface area contributed by atoms with Crippen LogP contribution < -0.4 is 11.1 Å². The van der Waals surface area contributed by atoms with Gasteiger partial charge in [0.25, 0.3) is 5.91 Å². The first-order valence-electron chi connectivity index (χ1n) is 7.00. The molecule has 0 unspecified atom stereocenters. The molecule has 0 spiro atoms. The number of aryl methyl sites for hydroxylation is 1. The third kappa shape index (κ3) is 3.54. The summed E-state index contributed by atoms with van der Waals surface area (Å²) in [7, 11) is 0. The number of rotatable bonds is 3. The van der Waals surface area contributed by atoms with Crippen LogP contribution >= 0.6 is 11.3 Å². The van der Waals surface area contributed by atoms with Crippen molar-refractivity contribution in [1.82, 2.24) is 0 Å². The minimum Gasteiger partial charge on any atom is -0.366 e. The predicted octanol–water partition coefficient (Wildman–Crippen LogP) is 3.71. The van der Waals surface area contributed by atoms with Crippen LogP contribution in [-0.2, 0) is 5.41 Å². The normalized spacial score (nSPS) is 11.3. The lowest BCUT2D eigenvalue weighted by Gasteiger charge is -2.15. The standard InChI is InChI=1S/C17H20N2O2S/c1-10-5-6-11(9-12(10)15(18)20)19-16(21)13-7-8-14(22-13)17(2,3)4/h5-9H,1-4H3,(H2,18,20)(H,19,21). The summed E-state index contributed by atoms with van der Waals surface area (Å²) >= 11 is 1.48. The van der Waals surface area contributed by atoms with Crippen LogP contribution in [0.25, 0.3) is 0 Å². The quantitative estimate of drug-likeness (QED) is 0.906. The zero-order valence-electron chi connectivity index (χ0n) is 13.2. The van der Waals surface area contributed by atoms with E-state index >= 15 is 0 Å². The molecule has 0 atom stereocenters. The number of benzene rings is 1. The summed E-state index contributed by atoms with van der Waals surface area (Å²) in [6.45, 7) is 8.14. The van der Waals surface area contributed by atoms with Crippen LogP contribution in [0.1, 0.15) is 51.2 Å². The summed E-state index contributed by atoms with van der Waals surface area (Å²) < 4.78 is 0. The first-order chi connectivity index (χ1) is 10.2. The molecule has 1 aromatic carbocycles. The largest absolute Gasteiger partial charge is 0.366 e. The highest BCUT2D eigenvalue weighted by Gasteiger charge is 2.18. The summed E-state index contributed by atoms with van der Waals surface area (Å²) in [5.74, 6) is -0.681. The van der Waals surface area contributed by atoms with Gasteiger partial charge in [0, 0.05) is 16.1 Å². The average molecular weight is 316 g/mol. The lowest BCUT2D eigenvalue weighted by atomic mass is 9.95. The maximum atomic E-state index is 12.3. The minimum absolute atomic E-state index is 0.0200. The first kappa shape index (κ1) is 16.2. The Morgan fingerprint density at radius 2 is 1.82 bits per heavy atom. The van der Waals surface area contributed by atoms with Crippen molar-refractivity contribution >= 4 is 28.8 Å². The molecule has 116 valence electrons. The molecular weight excluding hydrogens is 296 g/mol. The zero-order valence-corrected chi connectivity index (χ0v) is 14.0. The molecule has 0 saturated heterocycles. The maximum absolute atomic E-state index is 12.3. The van der Waals surface area contributed by atoms with E-state index in [1.54, 1.807) is 25.1 Å². The van der Waals surface area contributed by atoms with E-state index in [1.165, 1.54) is 11.3 Å². The Labute approximate surface area is 134 Å². The van der Waals surface area contributed by atoms with Gasteiger partial charge in [0.05, 0.1) is 4.88 Å². The van der Waals surface area contributed by atoms with E-state index in [9.17, 15) is 9.59 Å². The average Bonchev–Trinajstić information content (AvgIpc) is 2.90. The Kier molecular flexibility index (Phi) is 4.37. The first-order valence-corrected chi connectivity index (χ1v) is 7.82. The molecule has 0 aliphatic carbocycles. The fourth-order valence-electron chi connectivity index (χ4n) is 2.02. The second kappa shape index (κ2) is 5.93. The number of nitrogens with two attached hydrogens (primary N) is 1. The van der Waals surface area contributed by atoms with Crippen molar-refractivity contribution < 1.29 is 9.59 Å². The molecule has 0 fully saturated rings. The van der Waals surface area contributed by atoms with Crippen LogP contribution in [0, 0.1) is 6.92 Å². The third-order valence-electron chi connectivity index (χ3n) is 3.33. The number of hydrogen-bond acceptors (Lipinski definition) is 3. The van der Waals surface area contributed by atoms with E-state index in [2.05, 4.69) is 26.1 Å². The van der Waals surface area contributed by atoms with Crippen molar-refractivity contribution in [2.45, 2.75) is 33.1 Å². The third-order valence-corrected chi connectivity index (χ3v) is 4.84. The molecule has 2 aromatic rings. The molecule has 1 aromatic heterocycles. The van der Waals surface area contributed by atoms with Gasteiger partial charge in [-0.05, 0) is 42.2 Å². The number of thiophene rings is 1. The number of carbonyl (C=O) groups excluding carboxylic acids is 2. The molecule has 4 nitrogen and oxygen atoms in total. The van der Waals surface area contributed by atoms with Gasteiger partial charge in [-0.3, -0.25) is 9.59 Å². The molecular formula is C17H20N2O2S. The highest BCUT2D eigenvalue weighted by Crippen LogP contribution is 2.29. The van der Waals surface area contributed by atoms with E-state index in [4.69, 9.17) is 5.73 Å². The van der Waals surface area contributed by atoms with Crippen LogP contribution in [-0.4, -0.2) is 11.8 Å². The number of carbonyl (C=O) groups is 2. The van der Waals surface area contributed by atoms with E-state index < -0.39 is 5.91 Å². The fraction of sp³-hybridized carbons (Fsp3) is 0.294. The molecule has 0 radical (unpaired) electrons. The summed E-state index contributed by atoms with van der Waals surface area (Å²) in [4.78, 5) is 25.5. The topological polar surface area (TPSA) is 72.2 Å². The Morgan fingerprint density at radius 1 is 1.14 bits per heavy atom. The zero-order chi connectivity index (χ0) is 16.5. The highest BCUT2D eigenvalue weighted by molar-refractivity contribution is 7.14. The van der Waals surface area contributed by atoms with E-state index in [-0.39, 0.29) is 11.3 Å². The number of amides is 2. The van der Waals surface area contributed by atoms with Gasteiger partial charge < -0.3 is 11.1 Å². The van der Waals surface area contributed by atoms with Crippen LogP contribution in [0.4, 0.5) is 5.69 Å². The Hall–Kier alpha value is -2.14. The maximum Gasteiger partial charge on any atom is 0.265 e. The number of anilines is 1. The van der Waals surface area contributed by atoms with Gasteiger partial charge in [0.15, 0.2) is 0 Å². The molecule has 3 N–H and O–H groups in total. The molecule has 0 saturated carbocycles. The Balaban J connectivity index is 2.20. The fourth-order valence-corrected chi connectivity index (χ4v) is 2.98. The summed E-state index contributed by atoms with van der Waals surface area (Å²) in [6, 6.07) is 8.93. The van der Waals surface area contributed by atoms with E-state index in [0.29, 0.717) is 16.1 Å². The van der Waals surface area contributed by atoms with Gasteiger partial charge >= 0.3 is 0 Å². The molecule has 2 rings (SSSR count). The van der Waals surface area contributed by atoms with Crippen molar-refractivity contribution in [2.24, 2.45) is 5.73 Å². The smallest absolute Gasteiger partial charge is 0.265 e. The monoisotopic (exact) mass is 316 g/mol. The van der Waals surface area contributed by atoms with Gasteiger partial charge in [-0.25, -0.2) is 0 Å². The van der Waals surface area contributed by atoms with E-state index in [1.807, 2.05) is 12.1 Å². The predicted molar refractivity (Wildman–Crippen MR) is 90.7 cm³/mol. The lowest BCUT2D eigenvalue weighted by molar-refractivity contribution is 0.0996.